The third-order valence-corrected chi connectivity index (χ3v) is 5.86. The highest BCUT2D eigenvalue weighted by molar-refractivity contribution is 6.08. The van der Waals surface area contributed by atoms with Gasteiger partial charge in [0, 0.05) is 47.5 Å². The molecule has 0 radical (unpaired) electrons. The Labute approximate surface area is 158 Å². The summed E-state index contributed by atoms with van der Waals surface area (Å²) >= 11 is 0. The summed E-state index contributed by atoms with van der Waals surface area (Å²) < 4.78 is 15.7. The molecule has 0 unspecified atom stereocenters. The van der Waals surface area contributed by atoms with Gasteiger partial charge in [-0.1, -0.05) is 48.5 Å². The van der Waals surface area contributed by atoms with Gasteiger partial charge in [-0.3, -0.25) is 4.90 Å². The normalized spacial score (nSPS) is 16.3. The van der Waals surface area contributed by atoms with Crippen molar-refractivity contribution >= 4 is 21.8 Å². The van der Waals surface area contributed by atoms with Crippen LogP contribution >= 0.6 is 0 Å². The first-order chi connectivity index (χ1) is 13.3. The molecule has 1 saturated heterocycles. The van der Waals surface area contributed by atoms with Crippen molar-refractivity contribution in [3.8, 4) is 0 Å². The number of benzene rings is 3. The van der Waals surface area contributed by atoms with Crippen LogP contribution in [0.5, 0.6) is 0 Å². The fourth-order valence-electron chi connectivity index (χ4n) is 4.53. The van der Waals surface area contributed by atoms with Crippen LogP contribution in [0.15, 0.2) is 72.8 Å². The number of halogens is 1. The van der Waals surface area contributed by atoms with Gasteiger partial charge in [0.1, 0.15) is 5.82 Å². The number of aromatic nitrogens is 1. The molecule has 1 aromatic heterocycles. The molecule has 4 aromatic rings. The van der Waals surface area contributed by atoms with Crippen LogP contribution in [-0.4, -0.2) is 22.6 Å². The quantitative estimate of drug-likeness (QED) is 0.451. The summed E-state index contributed by atoms with van der Waals surface area (Å²) in [6, 6.07) is 24.9. The highest BCUT2D eigenvalue weighted by Crippen LogP contribution is 2.35. The summed E-state index contributed by atoms with van der Waals surface area (Å²) in [5, 5.41) is 2.70. The summed E-state index contributed by atoms with van der Waals surface area (Å²) in [6.45, 7) is 3.05. The standard InChI is InChI=1S/C24H23FN2/c25-19-11-9-18(10-12-19)17-26-15-13-20(14-16-26)27-23-7-3-1-5-21(23)22-6-2-4-8-24(22)27/h1-12,20H,13-17H2. The van der Waals surface area contributed by atoms with Gasteiger partial charge in [0.15, 0.2) is 0 Å². The minimum Gasteiger partial charge on any atom is -0.337 e. The van der Waals surface area contributed by atoms with E-state index in [0.29, 0.717) is 6.04 Å². The van der Waals surface area contributed by atoms with Crippen LogP contribution in [0.3, 0.4) is 0 Å². The van der Waals surface area contributed by atoms with E-state index in [9.17, 15) is 4.39 Å². The van der Waals surface area contributed by atoms with Crippen LogP contribution in [0.4, 0.5) is 4.39 Å². The summed E-state index contributed by atoms with van der Waals surface area (Å²) in [6.07, 6.45) is 2.29. The topological polar surface area (TPSA) is 8.17 Å². The molecule has 1 aliphatic rings. The molecule has 0 saturated carbocycles. The summed E-state index contributed by atoms with van der Waals surface area (Å²) in [7, 11) is 0. The monoisotopic (exact) mass is 358 g/mol. The Bertz CT molecular complexity index is 1020. The summed E-state index contributed by atoms with van der Waals surface area (Å²) in [4.78, 5) is 2.48. The molecule has 2 nitrogen and oxygen atoms in total. The molecule has 3 aromatic carbocycles. The second kappa shape index (κ2) is 6.82. The van der Waals surface area contributed by atoms with E-state index in [-0.39, 0.29) is 5.82 Å². The molecule has 0 N–H and O–H groups in total. The lowest BCUT2D eigenvalue weighted by Crippen LogP contribution is -2.34. The maximum atomic E-state index is 13.1. The number of likely N-dealkylation sites (tertiary alicyclic amines) is 1. The first-order valence-corrected chi connectivity index (χ1v) is 9.74. The van der Waals surface area contributed by atoms with Crippen molar-refractivity contribution in [2.75, 3.05) is 13.1 Å². The number of hydrogen-bond donors (Lipinski definition) is 0. The van der Waals surface area contributed by atoms with E-state index in [1.807, 2.05) is 12.1 Å². The molecule has 5 rings (SSSR count). The van der Waals surface area contributed by atoms with Crippen LogP contribution < -0.4 is 0 Å². The average Bonchev–Trinajstić information content (AvgIpc) is 3.05. The number of para-hydroxylation sites is 2. The van der Waals surface area contributed by atoms with E-state index >= 15 is 0 Å². The minimum absolute atomic E-state index is 0.163. The van der Waals surface area contributed by atoms with Gasteiger partial charge in [-0.15, -0.1) is 0 Å². The van der Waals surface area contributed by atoms with Crippen LogP contribution in [0.1, 0.15) is 24.4 Å². The molecule has 2 heterocycles. The Hall–Kier alpha value is -2.65. The first kappa shape index (κ1) is 16.5. The lowest BCUT2D eigenvalue weighted by molar-refractivity contribution is 0.183. The van der Waals surface area contributed by atoms with Crippen LogP contribution in [-0.2, 0) is 6.54 Å². The Kier molecular flexibility index (Phi) is 4.17. The van der Waals surface area contributed by atoms with E-state index in [4.69, 9.17) is 0 Å². The van der Waals surface area contributed by atoms with Gasteiger partial charge in [-0.25, -0.2) is 4.39 Å². The van der Waals surface area contributed by atoms with Crippen LogP contribution in [0.2, 0.25) is 0 Å². The predicted octanol–water partition coefficient (Wildman–Crippen LogP) is 5.77. The van der Waals surface area contributed by atoms with Crippen molar-refractivity contribution in [2.24, 2.45) is 0 Å². The summed E-state index contributed by atoms with van der Waals surface area (Å²) in [5.41, 5.74) is 3.87. The van der Waals surface area contributed by atoms with Crippen LogP contribution in [0, 0.1) is 5.82 Å². The van der Waals surface area contributed by atoms with Crippen molar-refractivity contribution in [2.45, 2.75) is 25.4 Å². The molecule has 27 heavy (non-hydrogen) atoms. The molecule has 1 fully saturated rings. The largest absolute Gasteiger partial charge is 0.337 e. The van der Waals surface area contributed by atoms with E-state index in [1.54, 1.807) is 12.1 Å². The smallest absolute Gasteiger partial charge is 0.123 e. The maximum Gasteiger partial charge on any atom is 0.123 e. The first-order valence-electron chi connectivity index (χ1n) is 9.74. The highest BCUT2D eigenvalue weighted by Gasteiger charge is 2.23. The number of hydrogen-bond acceptors (Lipinski definition) is 1. The molecular formula is C24H23FN2. The molecule has 0 spiro atoms. The van der Waals surface area contributed by atoms with Gasteiger partial charge in [0.05, 0.1) is 0 Å². The maximum absolute atomic E-state index is 13.1. The number of nitrogens with zero attached hydrogens (tertiary/aromatic N) is 2. The minimum atomic E-state index is -0.163. The van der Waals surface area contributed by atoms with E-state index in [1.165, 1.54) is 27.4 Å². The summed E-state index contributed by atoms with van der Waals surface area (Å²) in [5.74, 6) is -0.163. The van der Waals surface area contributed by atoms with Gasteiger partial charge in [-0.2, -0.15) is 0 Å². The molecule has 1 aliphatic heterocycles. The van der Waals surface area contributed by atoms with Crippen molar-refractivity contribution in [3.63, 3.8) is 0 Å². The highest BCUT2D eigenvalue weighted by atomic mass is 19.1. The zero-order valence-electron chi connectivity index (χ0n) is 15.3. The number of piperidine rings is 1. The lowest BCUT2D eigenvalue weighted by Gasteiger charge is -2.33. The van der Waals surface area contributed by atoms with Gasteiger partial charge >= 0.3 is 0 Å². The Morgan fingerprint density at radius 1 is 0.741 bits per heavy atom. The number of rotatable bonds is 3. The van der Waals surface area contributed by atoms with Crippen molar-refractivity contribution in [1.82, 2.24) is 9.47 Å². The molecule has 0 atom stereocenters. The second-order valence-electron chi connectivity index (χ2n) is 7.54. The molecule has 0 amide bonds. The van der Waals surface area contributed by atoms with Crippen molar-refractivity contribution < 1.29 is 4.39 Å². The Morgan fingerprint density at radius 2 is 1.30 bits per heavy atom. The van der Waals surface area contributed by atoms with Gasteiger partial charge in [0.2, 0.25) is 0 Å². The predicted molar refractivity (Wildman–Crippen MR) is 109 cm³/mol. The fourth-order valence-corrected chi connectivity index (χ4v) is 4.53. The van der Waals surface area contributed by atoms with E-state index in [0.717, 1.165) is 32.5 Å². The van der Waals surface area contributed by atoms with Gasteiger partial charge < -0.3 is 4.57 Å². The van der Waals surface area contributed by atoms with Crippen molar-refractivity contribution in [1.29, 1.82) is 0 Å². The fraction of sp³-hybridized carbons (Fsp3) is 0.250. The third kappa shape index (κ3) is 3.02. The van der Waals surface area contributed by atoms with Crippen LogP contribution in [0.25, 0.3) is 21.8 Å². The molecule has 3 heteroatoms. The van der Waals surface area contributed by atoms with Gasteiger partial charge in [0.25, 0.3) is 0 Å². The third-order valence-electron chi connectivity index (χ3n) is 5.86. The Morgan fingerprint density at radius 3 is 1.89 bits per heavy atom. The number of fused-ring (bicyclic) bond motifs is 3. The van der Waals surface area contributed by atoms with Crippen molar-refractivity contribution in [3.05, 3.63) is 84.2 Å². The Balaban J connectivity index is 1.40. The average molecular weight is 358 g/mol. The lowest BCUT2D eigenvalue weighted by atomic mass is 10.0. The zero-order valence-corrected chi connectivity index (χ0v) is 15.3. The molecule has 0 bridgehead atoms. The molecule has 136 valence electrons. The molecular weight excluding hydrogens is 335 g/mol. The van der Waals surface area contributed by atoms with E-state index < -0.39 is 0 Å². The zero-order chi connectivity index (χ0) is 18.2. The van der Waals surface area contributed by atoms with E-state index in [2.05, 4.69) is 58.0 Å². The molecule has 0 aliphatic carbocycles. The SMILES string of the molecule is Fc1ccc(CN2CCC(n3c4ccccc4c4ccccc43)CC2)cc1. The van der Waals surface area contributed by atoms with Gasteiger partial charge in [-0.05, 0) is 42.7 Å². The second-order valence-corrected chi connectivity index (χ2v) is 7.54.